The number of esters is 1. The molecule has 0 aliphatic carbocycles. The second-order valence-electron chi connectivity index (χ2n) is 6.52. The number of ether oxygens (including phenoxy) is 6. The molecule has 0 unspecified atom stereocenters. The Morgan fingerprint density at radius 1 is 1.14 bits per heavy atom. The fraction of sp³-hybridized carbons (Fsp3) is 0.929. The van der Waals surface area contributed by atoms with Gasteiger partial charge in [-0.3, -0.25) is 4.79 Å². The first-order valence-electron chi connectivity index (χ1n) is 7.29. The molecule has 7 nitrogen and oxygen atoms in total. The van der Waals surface area contributed by atoms with Crippen molar-refractivity contribution in [2.75, 3.05) is 11.9 Å². The predicted molar refractivity (Wildman–Crippen MR) is 77.3 cm³/mol. The van der Waals surface area contributed by atoms with E-state index in [1.165, 1.54) is 0 Å². The molecule has 0 aromatic rings. The van der Waals surface area contributed by atoms with Crippen LogP contribution in [0.2, 0.25) is 0 Å². The Morgan fingerprint density at radius 2 is 1.86 bits per heavy atom. The maximum Gasteiger partial charge on any atom is 0.317 e. The lowest BCUT2D eigenvalue weighted by atomic mass is 10.1. The van der Waals surface area contributed by atoms with Crippen LogP contribution in [0.4, 0.5) is 0 Å². The molecule has 3 saturated heterocycles. The number of rotatable bonds is 3. The highest BCUT2D eigenvalue weighted by molar-refractivity contribution is 9.09. The van der Waals surface area contributed by atoms with E-state index in [1.54, 1.807) is 13.8 Å². The van der Waals surface area contributed by atoms with Crippen molar-refractivity contribution in [2.45, 2.75) is 70.0 Å². The predicted octanol–water partition coefficient (Wildman–Crippen LogP) is 1.32. The summed E-state index contributed by atoms with van der Waals surface area (Å²) in [7, 11) is 0. The maximum absolute atomic E-state index is 11.7. The Labute approximate surface area is 137 Å². The highest BCUT2D eigenvalue weighted by Crippen LogP contribution is 2.41. The average molecular weight is 381 g/mol. The van der Waals surface area contributed by atoms with E-state index < -0.39 is 36.2 Å². The van der Waals surface area contributed by atoms with Crippen LogP contribution in [0.1, 0.15) is 27.7 Å². The van der Waals surface area contributed by atoms with Crippen LogP contribution in [0, 0.1) is 0 Å². The Kier molecular flexibility index (Phi) is 4.29. The zero-order valence-corrected chi connectivity index (χ0v) is 14.6. The first-order valence-corrected chi connectivity index (χ1v) is 8.41. The molecule has 0 aromatic heterocycles. The van der Waals surface area contributed by atoms with E-state index in [4.69, 9.17) is 28.4 Å². The molecule has 3 aliphatic rings. The molecule has 3 fully saturated rings. The molecule has 126 valence electrons. The fourth-order valence-electron chi connectivity index (χ4n) is 3.00. The normalized spacial score (nSPS) is 42.3. The van der Waals surface area contributed by atoms with E-state index in [0.717, 1.165) is 0 Å². The molecular formula is C14H21BrO7. The zero-order valence-electron chi connectivity index (χ0n) is 13.0. The largest absolute Gasteiger partial charge is 0.456 e. The summed E-state index contributed by atoms with van der Waals surface area (Å²) >= 11 is 3.10. The summed E-state index contributed by atoms with van der Waals surface area (Å²) in [4.78, 5) is 11.7. The smallest absolute Gasteiger partial charge is 0.317 e. The molecule has 0 spiro atoms. The van der Waals surface area contributed by atoms with E-state index in [-0.39, 0.29) is 17.4 Å². The van der Waals surface area contributed by atoms with Gasteiger partial charge >= 0.3 is 5.97 Å². The van der Waals surface area contributed by atoms with Gasteiger partial charge in [0.05, 0.1) is 6.61 Å². The van der Waals surface area contributed by atoms with Crippen molar-refractivity contribution in [3.63, 3.8) is 0 Å². The Morgan fingerprint density at radius 3 is 2.45 bits per heavy atom. The van der Waals surface area contributed by atoms with Crippen LogP contribution in [0.25, 0.3) is 0 Å². The van der Waals surface area contributed by atoms with Crippen molar-refractivity contribution in [1.82, 2.24) is 0 Å². The van der Waals surface area contributed by atoms with Gasteiger partial charge in [0.25, 0.3) is 0 Å². The highest BCUT2D eigenvalue weighted by atomic mass is 79.9. The summed E-state index contributed by atoms with van der Waals surface area (Å²) in [5, 5.41) is 0.103. The van der Waals surface area contributed by atoms with Gasteiger partial charge in [-0.25, -0.2) is 0 Å². The van der Waals surface area contributed by atoms with E-state index in [2.05, 4.69) is 15.9 Å². The zero-order chi connectivity index (χ0) is 16.1. The maximum atomic E-state index is 11.7. The summed E-state index contributed by atoms with van der Waals surface area (Å²) < 4.78 is 34.4. The van der Waals surface area contributed by atoms with Crippen molar-refractivity contribution < 1.29 is 33.2 Å². The summed E-state index contributed by atoms with van der Waals surface area (Å²) in [5.41, 5.74) is 0. The van der Waals surface area contributed by atoms with Crippen molar-refractivity contribution in [2.24, 2.45) is 0 Å². The molecule has 0 radical (unpaired) electrons. The Hall–Kier alpha value is -0.250. The van der Waals surface area contributed by atoms with Gasteiger partial charge in [-0.1, -0.05) is 15.9 Å². The number of carbonyl (C=O) groups excluding carboxylic acids is 1. The molecule has 8 heteroatoms. The third-order valence-electron chi connectivity index (χ3n) is 3.80. The molecule has 3 rings (SSSR count). The molecule has 3 heterocycles. The summed E-state index contributed by atoms with van der Waals surface area (Å²) in [6, 6.07) is 0. The highest BCUT2D eigenvalue weighted by Gasteiger charge is 2.59. The second-order valence-corrected chi connectivity index (χ2v) is 7.09. The number of halogens is 1. The lowest BCUT2D eigenvalue weighted by Crippen LogP contribution is -2.45. The first kappa shape index (κ1) is 16.6. The average Bonchev–Trinajstić information content (AvgIpc) is 3.01. The lowest BCUT2D eigenvalue weighted by molar-refractivity contribution is -0.235. The van der Waals surface area contributed by atoms with Crippen molar-refractivity contribution in [3.05, 3.63) is 0 Å². The molecule has 22 heavy (non-hydrogen) atoms. The van der Waals surface area contributed by atoms with E-state index in [0.29, 0.717) is 6.61 Å². The summed E-state index contributed by atoms with van der Waals surface area (Å²) in [5.74, 6) is -1.84. The molecule has 0 bridgehead atoms. The second kappa shape index (κ2) is 5.68. The van der Waals surface area contributed by atoms with Crippen LogP contribution in [0.3, 0.4) is 0 Å². The number of fused-ring (bicyclic) bond motifs is 1. The SMILES string of the molecule is CC1(C)O[C@H]2O[C@H]([C@H]3COC(C)(C)O3)[C@H](OC(=O)CBr)[C@H]2O1. The number of hydrogen-bond donors (Lipinski definition) is 0. The van der Waals surface area contributed by atoms with Gasteiger partial charge in [-0.05, 0) is 27.7 Å². The van der Waals surface area contributed by atoms with Crippen LogP contribution < -0.4 is 0 Å². The van der Waals surface area contributed by atoms with Gasteiger partial charge < -0.3 is 28.4 Å². The van der Waals surface area contributed by atoms with Crippen molar-refractivity contribution >= 4 is 21.9 Å². The standard InChI is InChI=1S/C14H21BrO7/c1-13(2)17-6-7(20-13)9-10(18-8(16)5-15)11-12(19-9)22-14(3,4)21-11/h7,9-12H,5-6H2,1-4H3/t7-,9-,10+,11-,12-/m1/s1. The molecule has 5 atom stereocenters. The van der Waals surface area contributed by atoms with Crippen LogP contribution in [-0.4, -0.2) is 60.2 Å². The fourth-order valence-corrected chi connectivity index (χ4v) is 3.13. The van der Waals surface area contributed by atoms with E-state index >= 15 is 0 Å². The minimum absolute atomic E-state index is 0.103. The summed E-state index contributed by atoms with van der Waals surface area (Å²) in [6.07, 6.45) is -2.49. The molecular weight excluding hydrogens is 360 g/mol. The van der Waals surface area contributed by atoms with Crippen molar-refractivity contribution in [3.8, 4) is 0 Å². The topological polar surface area (TPSA) is 72.5 Å². The van der Waals surface area contributed by atoms with Crippen LogP contribution >= 0.6 is 15.9 Å². The molecule has 3 aliphatic heterocycles. The van der Waals surface area contributed by atoms with E-state index in [9.17, 15) is 4.79 Å². The minimum Gasteiger partial charge on any atom is -0.456 e. The lowest BCUT2D eigenvalue weighted by Gasteiger charge is -2.28. The molecule has 0 saturated carbocycles. The Bertz CT molecular complexity index is 452. The van der Waals surface area contributed by atoms with Crippen LogP contribution in [-0.2, 0) is 33.2 Å². The summed E-state index contributed by atoms with van der Waals surface area (Å²) in [6.45, 7) is 7.62. The minimum atomic E-state index is -0.772. The van der Waals surface area contributed by atoms with Crippen molar-refractivity contribution in [1.29, 1.82) is 0 Å². The number of carbonyl (C=O) groups is 1. The van der Waals surface area contributed by atoms with Gasteiger partial charge in [0.15, 0.2) is 30.1 Å². The first-order chi connectivity index (χ1) is 10.2. The van der Waals surface area contributed by atoms with Gasteiger partial charge in [-0.2, -0.15) is 0 Å². The Balaban J connectivity index is 1.76. The quantitative estimate of drug-likeness (QED) is 0.539. The van der Waals surface area contributed by atoms with Gasteiger partial charge in [0, 0.05) is 0 Å². The third-order valence-corrected chi connectivity index (χ3v) is 4.26. The number of alkyl halides is 1. The third kappa shape index (κ3) is 3.18. The van der Waals surface area contributed by atoms with Gasteiger partial charge in [-0.15, -0.1) is 0 Å². The molecule has 0 N–H and O–H groups in total. The van der Waals surface area contributed by atoms with Crippen LogP contribution in [0.5, 0.6) is 0 Å². The van der Waals surface area contributed by atoms with Gasteiger partial charge in [0.1, 0.15) is 17.5 Å². The monoisotopic (exact) mass is 380 g/mol. The number of hydrogen-bond acceptors (Lipinski definition) is 7. The van der Waals surface area contributed by atoms with Gasteiger partial charge in [0.2, 0.25) is 0 Å². The molecule has 0 amide bonds. The van der Waals surface area contributed by atoms with E-state index in [1.807, 2.05) is 13.8 Å². The molecule has 0 aromatic carbocycles. The van der Waals surface area contributed by atoms with Crippen LogP contribution in [0.15, 0.2) is 0 Å².